The summed E-state index contributed by atoms with van der Waals surface area (Å²) < 4.78 is 0. The predicted octanol–water partition coefficient (Wildman–Crippen LogP) is 1.60. The van der Waals surface area contributed by atoms with Crippen LogP contribution in [0.3, 0.4) is 0 Å². The van der Waals surface area contributed by atoms with Crippen molar-refractivity contribution in [1.29, 1.82) is 0 Å². The summed E-state index contributed by atoms with van der Waals surface area (Å²) in [5, 5.41) is 0. The molecule has 2 nitrogen and oxygen atoms in total. The van der Waals surface area contributed by atoms with Crippen LogP contribution < -0.4 is 5.73 Å². The Morgan fingerprint density at radius 1 is 1.23 bits per heavy atom. The van der Waals surface area contributed by atoms with E-state index in [1.807, 2.05) is 18.5 Å². The van der Waals surface area contributed by atoms with Gasteiger partial charge in [-0.1, -0.05) is 6.07 Å². The van der Waals surface area contributed by atoms with Gasteiger partial charge < -0.3 is 5.73 Å². The summed E-state index contributed by atoms with van der Waals surface area (Å²) in [5.41, 5.74) is 8.08. The summed E-state index contributed by atoms with van der Waals surface area (Å²) in [6, 6.07) is 4.19. The van der Waals surface area contributed by atoms with E-state index in [1.165, 1.54) is 31.2 Å². The summed E-state index contributed by atoms with van der Waals surface area (Å²) in [4.78, 5) is 4.18. The zero-order valence-electron chi connectivity index (χ0n) is 7.66. The number of rotatable bonds is 2. The topological polar surface area (TPSA) is 38.9 Å². The van der Waals surface area contributed by atoms with E-state index < -0.39 is 0 Å². The fraction of sp³-hybridized carbons (Fsp3) is 0.545. The molecule has 2 fully saturated rings. The minimum Gasteiger partial charge on any atom is -0.324 e. The third-order valence-electron chi connectivity index (χ3n) is 3.71. The highest BCUT2D eigenvalue weighted by atomic mass is 14.9. The standard InChI is InChI=1S/C11H14N2/c12-11(5-6-11)10(3-4-10)9-2-1-7-13-8-9/h1-2,7-8H,3-6,12H2. The van der Waals surface area contributed by atoms with E-state index in [2.05, 4.69) is 11.1 Å². The van der Waals surface area contributed by atoms with Crippen molar-refractivity contribution in [2.45, 2.75) is 36.6 Å². The molecule has 0 radical (unpaired) electrons. The molecule has 0 unspecified atom stereocenters. The molecular formula is C11H14N2. The van der Waals surface area contributed by atoms with Crippen LogP contribution in [0.2, 0.25) is 0 Å². The minimum atomic E-state index is 0.121. The molecule has 0 atom stereocenters. The van der Waals surface area contributed by atoms with Gasteiger partial charge >= 0.3 is 0 Å². The molecule has 1 aromatic heterocycles. The largest absolute Gasteiger partial charge is 0.324 e. The van der Waals surface area contributed by atoms with E-state index in [-0.39, 0.29) is 5.54 Å². The maximum Gasteiger partial charge on any atom is 0.0306 e. The Bertz CT molecular complexity index is 323. The highest BCUT2D eigenvalue weighted by molar-refractivity contribution is 5.38. The second-order valence-electron chi connectivity index (χ2n) is 4.48. The van der Waals surface area contributed by atoms with Gasteiger partial charge in [0.2, 0.25) is 0 Å². The molecule has 0 bridgehead atoms. The van der Waals surface area contributed by atoms with Crippen LogP contribution in [-0.4, -0.2) is 10.5 Å². The molecule has 1 heterocycles. The van der Waals surface area contributed by atoms with Gasteiger partial charge in [-0.25, -0.2) is 0 Å². The smallest absolute Gasteiger partial charge is 0.0306 e. The highest BCUT2D eigenvalue weighted by Gasteiger charge is 2.64. The third-order valence-corrected chi connectivity index (χ3v) is 3.71. The molecule has 2 saturated carbocycles. The van der Waals surface area contributed by atoms with Crippen LogP contribution in [0.15, 0.2) is 24.5 Å². The van der Waals surface area contributed by atoms with Crippen LogP contribution >= 0.6 is 0 Å². The molecule has 0 amide bonds. The summed E-state index contributed by atoms with van der Waals surface area (Å²) in [7, 11) is 0. The molecule has 0 spiro atoms. The first-order valence-electron chi connectivity index (χ1n) is 4.96. The molecule has 2 N–H and O–H groups in total. The lowest BCUT2D eigenvalue weighted by molar-refractivity contribution is 0.502. The van der Waals surface area contributed by atoms with Crippen LogP contribution in [0.25, 0.3) is 0 Å². The third kappa shape index (κ3) is 0.894. The first kappa shape index (κ1) is 7.51. The molecule has 2 heteroatoms. The molecule has 0 aliphatic heterocycles. The number of hydrogen-bond donors (Lipinski definition) is 1. The number of nitrogens with two attached hydrogens (primary N) is 1. The van der Waals surface area contributed by atoms with Crippen molar-refractivity contribution < 1.29 is 0 Å². The molecule has 2 aliphatic rings. The van der Waals surface area contributed by atoms with Crippen LogP contribution in [0, 0.1) is 0 Å². The average Bonchev–Trinajstić information content (AvgIpc) is 3.01. The molecule has 0 aromatic carbocycles. The Morgan fingerprint density at radius 2 is 2.00 bits per heavy atom. The first-order valence-corrected chi connectivity index (χ1v) is 4.96. The minimum absolute atomic E-state index is 0.121. The zero-order valence-corrected chi connectivity index (χ0v) is 7.66. The molecule has 2 aliphatic carbocycles. The van der Waals surface area contributed by atoms with Crippen LogP contribution in [0.1, 0.15) is 31.2 Å². The van der Waals surface area contributed by atoms with Crippen molar-refractivity contribution in [3.63, 3.8) is 0 Å². The van der Waals surface area contributed by atoms with Crippen molar-refractivity contribution in [3.8, 4) is 0 Å². The Morgan fingerprint density at radius 3 is 2.46 bits per heavy atom. The fourth-order valence-electron chi connectivity index (χ4n) is 2.46. The van der Waals surface area contributed by atoms with E-state index in [1.54, 1.807) is 0 Å². The second-order valence-corrected chi connectivity index (χ2v) is 4.48. The Labute approximate surface area is 78.2 Å². The van der Waals surface area contributed by atoms with Gasteiger partial charge in [-0.3, -0.25) is 4.98 Å². The van der Waals surface area contributed by atoms with Crippen LogP contribution in [-0.2, 0) is 5.41 Å². The van der Waals surface area contributed by atoms with E-state index in [0.717, 1.165) is 0 Å². The lowest BCUT2D eigenvalue weighted by Gasteiger charge is -2.22. The van der Waals surface area contributed by atoms with E-state index in [4.69, 9.17) is 5.73 Å². The van der Waals surface area contributed by atoms with Gasteiger partial charge in [0.1, 0.15) is 0 Å². The molecule has 13 heavy (non-hydrogen) atoms. The van der Waals surface area contributed by atoms with Gasteiger partial charge in [-0.15, -0.1) is 0 Å². The number of nitrogens with zero attached hydrogens (tertiary/aromatic N) is 1. The summed E-state index contributed by atoms with van der Waals surface area (Å²) in [6.07, 6.45) is 8.73. The summed E-state index contributed by atoms with van der Waals surface area (Å²) in [5.74, 6) is 0. The Balaban J connectivity index is 2.01. The van der Waals surface area contributed by atoms with E-state index in [9.17, 15) is 0 Å². The quantitative estimate of drug-likeness (QED) is 0.739. The van der Waals surface area contributed by atoms with E-state index >= 15 is 0 Å². The second kappa shape index (κ2) is 2.13. The number of pyridine rings is 1. The van der Waals surface area contributed by atoms with Gasteiger partial charge in [0.25, 0.3) is 0 Å². The molecular weight excluding hydrogens is 160 g/mol. The van der Waals surface area contributed by atoms with Gasteiger partial charge in [0, 0.05) is 23.3 Å². The van der Waals surface area contributed by atoms with Crippen LogP contribution in [0.5, 0.6) is 0 Å². The van der Waals surface area contributed by atoms with Crippen molar-refractivity contribution in [1.82, 2.24) is 4.98 Å². The monoisotopic (exact) mass is 174 g/mol. The Hall–Kier alpha value is -0.890. The zero-order chi connectivity index (χ0) is 8.94. The average molecular weight is 174 g/mol. The SMILES string of the molecule is NC1(C2(c3cccnc3)CC2)CC1. The van der Waals surface area contributed by atoms with Crippen molar-refractivity contribution in [2.75, 3.05) is 0 Å². The van der Waals surface area contributed by atoms with Gasteiger partial charge in [0.05, 0.1) is 0 Å². The van der Waals surface area contributed by atoms with Gasteiger partial charge in [-0.2, -0.15) is 0 Å². The fourth-order valence-corrected chi connectivity index (χ4v) is 2.46. The Kier molecular flexibility index (Phi) is 1.23. The number of hydrogen-bond acceptors (Lipinski definition) is 2. The maximum atomic E-state index is 6.29. The molecule has 68 valence electrons. The highest BCUT2D eigenvalue weighted by Crippen LogP contribution is 2.63. The molecule has 1 aromatic rings. The lowest BCUT2D eigenvalue weighted by atomic mass is 9.87. The normalized spacial score (nSPS) is 26.8. The molecule has 0 saturated heterocycles. The van der Waals surface area contributed by atoms with Crippen molar-refractivity contribution in [2.24, 2.45) is 5.73 Å². The van der Waals surface area contributed by atoms with Gasteiger partial charge in [0.15, 0.2) is 0 Å². The van der Waals surface area contributed by atoms with Crippen molar-refractivity contribution >= 4 is 0 Å². The van der Waals surface area contributed by atoms with E-state index in [0.29, 0.717) is 5.41 Å². The van der Waals surface area contributed by atoms with Gasteiger partial charge in [-0.05, 0) is 37.3 Å². The first-order chi connectivity index (χ1) is 6.27. The number of aromatic nitrogens is 1. The van der Waals surface area contributed by atoms with Crippen molar-refractivity contribution in [3.05, 3.63) is 30.1 Å². The predicted molar refractivity (Wildman–Crippen MR) is 51.3 cm³/mol. The summed E-state index contributed by atoms with van der Waals surface area (Å²) >= 11 is 0. The maximum absolute atomic E-state index is 6.29. The molecule has 3 rings (SSSR count). The summed E-state index contributed by atoms with van der Waals surface area (Å²) in [6.45, 7) is 0. The lowest BCUT2D eigenvalue weighted by Crippen LogP contribution is -2.37. The van der Waals surface area contributed by atoms with Crippen LogP contribution in [0.4, 0.5) is 0 Å².